The van der Waals surface area contributed by atoms with Crippen LogP contribution in [0.1, 0.15) is 18.2 Å². The van der Waals surface area contributed by atoms with Crippen LogP contribution in [0, 0.1) is 0 Å². The van der Waals surface area contributed by atoms with Gasteiger partial charge >= 0.3 is 5.97 Å². The Hall–Kier alpha value is -2.17. The average Bonchev–Trinajstić information content (AvgIpc) is 2.89. The Morgan fingerprint density at radius 3 is 3.00 bits per heavy atom. The van der Waals surface area contributed by atoms with Crippen molar-refractivity contribution in [1.29, 1.82) is 0 Å². The monoisotopic (exact) mass is 229 g/mol. The van der Waals surface area contributed by atoms with E-state index in [2.05, 4.69) is 9.97 Å². The highest BCUT2D eigenvalue weighted by atomic mass is 16.4. The van der Waals surface area contributed by atoms with E-state index in [1.54, 1.807) is 17.1 Å². The molecule has 1 unspecified atom stereocenters. The van der Waals surface area contributed by atoms with E-state index in [1.165, 1.54) is 0 Å². The molecule has 86 valence electrons. The maximum absolute atomic E-state index is 11.0. The molecule has 0 fully saturated rings. The number of rotatable bonds is 2. The van der Waals surface area contributed by atoms with Crippen LogP contribution in [0.2, 0.25) is 0 Å². The smallest absolute Gasteiger partial charge is 0.326 e. The summed E-state index contributed by atoms with van der Waals surface area (Å²) in [7, 11) is 0. The van der Waals surface area contributed by atoms with Gasteiger partial charge in [0.1, 0.15) is 11.7 Å². The van der Waals surface area contributed by atoms with Gasteiger partial charge in [-0.2, -0.15) is 0 Å². The number of aliphatic carboxylic acids is 1. The van der Waals surface area contributed by atoms with Gasteiger partial charge in [-0.15, -0.1) is 0 Å². The van der Waals surface area contributed by atoms with Crippen molar-refractivity contribution >= 4 is 5.97 Å². The Balaban J connectivity index is 2.06. The molecule has 0 aliphatic carbocycles. The maximum Gasteiger partial charge on any atom is 0.326 e. The summed E-state index contributed by atoms with van der Waals surface area (Å²) in [4.78, 5) is 19.6. The van der Waals surface area contributed by atoms with Gasteiger partial charge < -0.3 is 9.67 Å². The molecule has 0 bridgehead atoms. The highest BCUT2D eigenvalue weighted by Gasteiger charge is 2.30. The van der Waals surface area contributed by atoms with E-state index in [4.69, 9.17) is 5.11 Å². The third-order valence-electron chi connectivity index (χ3n) is 3.08. The summed E-state index contributed by atoms with van der Waals surface area (Å²) >= 11 is 0. The molecule has 17 heavy (non-hydrogen) atoms. The van der Waals surface area contributed by atoms with Gasteiger partial charge in [0.05, 0.1) is 12.0 Å². The van der Waals surface area contributed by atoms with Gasteiger partial charge in [-0.1, -0.05) is 6.07 Å². The number of hydrogen-bond acceptors (Lipinski definition) is 3. The Kier molecular flexibility index (Phi) is 2.18. The first-order valence-electron chi connectivity index (χ1n) is 5.47. The topological polar surface area (TPSA) is 68.0 Å². The van der Waals surface area contributed by atoms with Crippen LogP contribution in [0.25, 0.3) is 11.4 Å². The molecule has 1 aliphatic rings. The Morgan fingerprint density at radius 1 is 1.41 bits per heavy atom. The molecule has 1 N–H and O–H groups in total. The number of carboxylic acids is 1. The second-order valence-corrected chi connectivity index (χ2v) is 4.05. The van der Waals surface area contributed by atoms with Crippen molar-refractivity contribution in [2.75, 3.05) is 0 Å². The van der Waals surface area contributed by atoms with Gasteiger partial charge in [0.15, 0.2) is 0 Å². The highest BCUT2D eigenvalue weighted by Crippen LogP contribution is 2.32. The summed E-state index contributed by atoms with van der Waals surface area (Å²) in [6.07, 6.45) is 4.69. The first-order chi connectivity index (χ1) is 8.27. The number of carboxylic acid groups (broad SMARTS) is 1. The minimum absolute atomic E-state index is 0.477. The van der Waals surface area contributed by atoms with E-state index in [1.807, 2.05) is 18.2 Å². The molecular formula is C12H11N3O2. The van der Waals surface area contributed by atoms with E-state index in [0.717, 1.165) is 23.5 Å². The fourth-order valence-corrected chi connectivity index (χ4v) is 2.27. The van der Waals surface area contributed by atoms with Crippen LogP contribution in [0.15, 0.2) is 30.7 Å². The van der Waals surface area contributed by atoms with Crippen LogP contribution < -0.4 is 0 Å². The van der Waals surface area contributed by atoms with Crippen molar-refractivity contribution < 1.29 is 9.90 Å². The molecule has 0 spiro atoms. The number of pyridine rings is 1. The van der Waals surface area contributed by atoms with Gasteiger partial charge in [-0.3, -0.25) is 4.98 Å². The number of aromatic nitrogens is 3. The molecule has 1 aliphatic heterocycles. The second kappa shape index (κ2) is 3.69. The lowest BCUT2D eigenvalue weighted by atomic mass is 10.1. The first kappa shape index (κ1) is 10.0. The molecule has 3 heterocycles. The van der Waals surface area contributed by atoms with Crippen molar-refractivity contribution in [3.8, 4) is 11.4 Å². The third-order valence-corrected chi connectivity index (χ3v) is 3.08. The normalized spacial score (nSPS) is 18.0. The molecule has 2 aromatic rings. The van der Waals surface area contributed by atoms with Crippen molar-refractivity contribution in [1.82, 2.24) is 14.5 Å². The molecule has 0 saturated carbocycles. The average molecular weight is 229 g/mol. The van der Waals surface area contributed by atoms with E-state index >= 15 is 0 Å². The summed E-state index contributed by atoms with van der Waals surface area (Å²) in [5.41, 5.74) is 2.57. The van der Waals surface area contributed by atoms with Crippen LogP contribution in [-0.2, 0) is 11.2 Å². The Bertz CT molecular complexity index is 562. The SMILES string of the molecule is O=C(O)C1CCc2c(-c3ccccn3)ncn21. The van der Waals surface area contributed by atoms with Crippen LogP contribution in [0.3, 0.4) is 0 Å². The van der Waals surface area contributed by atoms with Gasteiger partial charge in [0.25, 0.3) is 0 Å². The Labute approximate surface area is 97.8 Å². The molecule has 1 atom stereocenters. The fraction of sp³-hybridized carbons (Fsp3) is 0.250. The third kappa shape index (κ3) is 1.51. The van der Waals surface area contributed by atoms with E-state index in [9.17, 15) is 4.79 Å². The van der Waals surface area contributed by atoms with Crippen LogP contribution in [0.5, 0.6) is 0 Å². The zero-order chi connectivity index (χ0) is 11.8. The molecule has 0 saturated heterocycles. The van der Waals surface area contributed by atoms with Gasteiger partial charge in [-0.05, 0) is 25.0 Å². The summed E-state index contributed by atoms with van der Waals surface area (Å²) in [5, 5.41) is 9.08. The number of fused-ring (bicyclic) bond motifs is 1. The minimum atomic E-state index is -0.797. The molecule has 0 aromatic carbocycles. The summed E-state index contributed by atoms with van der Waals surface area (Å²) in [5.74, 6) is -0.797. The van der Waals surface area contributed by atoms with Crippen LogP contribution in [-0.4, -0.2) is 25.6 Å². The molecule has 5 nitrogen and oxygen atoms in total. The van der Waals surface area contributed by atoms with Crippen molar-refractivity contribution in [3.05, 3.63) is 36.4 Å². The summed E-state index contributed by atoms with van der Waals surface area (Å²) in [6.45, 7) is 0. The zero-order valence-electron chi connectivity index (χ0n) is 9.08. The van der Waals surface area contributed by atoms with Gasteiger partial charge in [-0.25, -0.2) is 9.78 Å². The first-order valence-corrected chi connectivity index (χ1v) is 5.47. The largest absolute Gasteiger partial charge is 0.480 e. The lowest BCUT2D eigenvalue weighted by Gasteiger charge is -2.05. The van der Waals surface area contributed by atoms with E-state index in [0.29, 0.717) is 6.42 Å². The second-order valence-electron chi connectivity index (χ2n) is 4.05. The molecule has 5 heteroatoms. The molecule has 0 radical (unpaired) electrons. The van der Waals surface area contributed by atoms with E-state index < -0.39 is 12.0 Å². The van der Waals surface area contributed by atoms with Crippen molar-refractivity contribution in [2.45, 2.75) is 18.9 Å². The zero-order valence-corrected chi connectivity index (χ0v) is 9.08. The van der Waals surface area contributed by atoms with Crippen LogP contribution >= 0.6 is 0 Å². The van der Waals surface area contributed by atoms with Crippen molar-refractivity contribution in [2.24, 2.45) is 0 Å². The highest BCUT2D eigenvalue weighted by molar-refractivity contribution is 5.73. The lowest BCUT2D eigenvalue weighted by molar-refractivity contribution is -0.140. The number of nitrogens with zero attached hydrogens (tertiary/aromatic N) is 3. The quantitative estimate of drug-likeness (QED) is 0.847. The van der Waals surface area contributed by atoms with Crippen molar-refractivity contribution in [3.63, 3.8) is 0 Å². The molecule has 3 rings (SSSR count). The fourth-order valence-electron chi connectivity index (χ4n) is 2.27. The number of carbonyl (C=O) groups is 1. The predicted octanol–water partition coefficient (Wildman–Crippen LogP) is 1.52. The maximum atomic E-state index is 11.0. The molecular weight excluding hydrogens is 218 g/mol. The standard InChI is InChI=1S/C12H11N3O2/c16-12(17)10-5-4-9-11(14-7-15(9)10)8-3-1-2-6-13-8/h1-3,6-7,10H,4-5H2,(H,16,17). The summed E-state index contributed by atoms with van der Waals surface area (Å²) < 4.78 is 1.74. The number of imidazole rings is 1. The Morgan fingerprint density at radius 2 is 2.29 bits per heavy atom. The van der Waals surface area contributed by atoms with Gasteiger partial charge in [0, 0.05) is 11.9 Å². The van der Waals surface area contributed by atoms with Crippen LogP contribution in [0.4, 0.5) is 0 Å². The number of hydrogen-bond donors (Lipinski definition) is 1. The van der Waals surface area contributed by atoms with E-state index in [-0.39, 0.29) is 0 Å². The molecule has 0 amide bonds. The molecule has 2 aromatic heterocycles. The minimum Gasteiger partial charge on any atom is -0.480 e. The predicted molar refractivity (Wildman–Crippen MR) is 60.5 cm³/mol. The summed E-state index contributed by atoms with van der Waals surface area (Å²) in [6, 6.07) is 5.16. The van der Waals surface area contributed by atoms with Gasteiger partial charge in [0.2, 0.25) is 0 Å². The lowest BCUT2D eigenvalue weighted by Crippen LogP contribution is -2.13.